The lowest BCUT2D eigenvalue weighted by Gasteiger charge is -2.27. The Morgan fingerprint density at radius 1 is 1.43 bits per heavy atom. The zero-order valence-corrected chi connectivity index (χ0v) is 13.1. The molecule has 1 fully saturated rings. The van der Waals surface area contributed by atoms with Gasteiger partial charge in [-0.25, -0.2) is 4.39 Å². The van der Waals surface area contributed by atoms with Crippen molar-refractivity contribution in [3.05, 3.63) is 53.6 Å². The number of benzene rings is 1. The molecule has 1 aromatic heterocycles. The summed E-state index contributed by atoms with van der Waals surface area (Å²) in [6.45, 7) is 1.10. The molecule has 1 aliphatic heterocycles. The molecule has 1 amide bonds. The van der Waals surface area contributed by atoms with Gasteiger partial charge >= 0.3 is 0 Å². The lowest BCUT2D eigenvalue weighted by atomic mass is 9.93. The van der Waals surface area contributed by atoms with Crippen LogP contribution in [0.4, 0.5) is 4.39 Å². The molecule has 0 spiro atoms. The molecule has 0 bridgehead atoms. The summed E-state index contributed by atoms with van der Waals surface area (Å²) in [6, 6.07) is 5.97. The van der Waals surface area contributed by atoms with E-state index in [1.165, 1.54) is 12.1 Å². The molecule has 6 heteroatoms. The zero-order valence-electron chi connectivity index (χ0n) is 13.1. The van der Waals surface area contributed by atoms with Gasteiger partial charge in [0.05, 0.1) is 19.2 Å². The van der Waals surface area contributed by atoms with Crippen LogP contribution in [0.3, 0.4) is 0 Å². The van der Waals surface area contributed by atoms with E-state index in [0.717, 1.165) is 24.0 Å². The summed E-state index contributed by atoms with van der Waals surface area (Å²) in [6.07, 6.45) is 5.76. The number of amides is 1. The quantitative estimate of drug-likeness (QED) is 0.917. The molecule has 0 radical (unpaired) electrons. The number of rotatable bonds is 5. The SMILES string of the molecule is Cn1cc(C2(CNC(=O)Cc3ccc(F)cc3)CCCO2)cn1. The van der Waals surface area contributed by atoms with Crippen LogP contribution < -0.4 is 5.32 Å². The van der Waals surface area contributed by atoms with Crippen LogP contribution >= 0.6 is 0 Å². The van der Waals surface area contributed by atoms with Crippen LogP contribution in [-0.2, 0) is 28.6 Å². The second-order valence-electron chi connectivity index (χ2n) is 5.93. The standard InChI is InChI=1S/C17H20FN3O2/c1-21-11-14(10-20-21)17(7-2-8-23-17)12-19-16(22)9-13-3-5-15(18)6-4-13/h3-6,10-11H,2,7-9,12H2,1H3,(H,19,22). The van der Waals surface area contributed by atoms with Gasteiger partial charge in [-0.1, -0.05) is 12.1 Å². The topological polar surface area (TPSA) is 56.2 Å². The zero-order chi connectivity index (χ0) is 16.3. The van der Waals surface area contributed by atoms with Crippen molar-refractivity contribution in [3.8, 4) is 0 Å². The maximum absolute atomic E-state index is 12.9. The van der Waals surface area contributed by atoms with Crippen molar-refractivity contribution in [2.75, 3.05) is 13.2 Å². The van der Waals surface area contributed by atoms with E-state index < -0.39 is 5.60 Å². The summed E-state index contributed by atoms with van der Waals surface area (Å²) in [5.41, 5.74) is 1.28. The summed E-state index contributed by atoms with van der Waals surface area (Å²) >= 11 is 0. The van der Waals surface area contributed by atoms with E-state index in [0.29, 0.717) is 13.2 Å². The van der Waals surface area contributed by atoms with Gasteiger partial charge in [0, 0.05) is 25.4 Å². The molecule has 1 aromatic carbocycles. The highest BCUT2D eigenvalue weighted by Gasteiger charge is 2.38. The minimum Gasteiger partial charge on any atom is -0.368 e. The second kappa shape index (κ2) is 6.50. The molecule has 0 aliphatic carbocycles. The van der Waals surface area contributed by atoms with Crippen LogP contribution in [0.5, 0.6) is 0 Å². The van der Waals surface area contributed by atoms with Crippen molar-refractivity contribution in [2.45, 2.75) is 24.9 Å². The Balaban J connectivity index is 1.63. The number of aryl methyl sites for hydroxylation is 1. The number of halogens is 1. The highest BCUT2D eigenvalue weighted by molar-refractivity contribution is 5.78. The van der Waals surface area contributed by atoms with E-state index in [-0.39, 0.29) is 18.1 Å². The summed E-state index contributed by atoms with van der Waals surface area (Å²) in [7, 11) is 1.86. The summed E-state index contributed by atoms with van der Waals surface area (Å²) in [5, 5.41) is 7.14. The normalized spacial score (nSPS) is 20.6. The maximum Gasteiger partial charge on any atom is 0.224 e. The lowest BCUT2D eigenvalue weighted by molar-refractivity contribution is -0.122. The van der Waals surface area contributed by atoms with Crippen LogP contribution in [0, 0.1) is 5.82 Å². The van der Waals surface area contributed by atoms with Crippen LogP contribution in [0.15, 0.2) is 36.7 Å². The highest BCUT2D eigenvalue weighted by Crippen LogP contribution is 2.35. The van der Waals surface area contributed by atoms with E-state index >= 15 is 0 Å². The predicted molar refractivity (Wildman–Crippen MR) is 83.2 cm³/mol. The van der Waals surface area contributed by atoms with Crippen LogP contribution in [0.2, 0.25) is 0 Å². The molecule has 1 saturated heterocycles. The first-order valence-corrected chi connectivity index (χ1v) is 7.72. The van der Waals surface area contributed by atoms with Gasteiger partial charge in [0.1, 0.15) is 11.4 Å². The van der Waals surface area contributed by atoms with Crippen LogP contribution in [0.25, 0.3) is 0 Å². The fourth-order valence-electron chi connectivity index (χ4n) is 2.91. The molecule has 3 rings (SSSR count). The van der Waals surface area contributed by atoms with Crippen molar-refractivity contribution >= 4 is 5.91 Å². The highest BCUT2D eigenvalue weighted by atomic mass is 19.1. The number of hydrogen-bond donors (Lipinski definition) is 1. The number of nitrogens with zero attached hydrogens (tertiary/aromatic N) is 2. The third-order valence-electron chi connectivity index (χ3n) is 4.18. The number of carbonyl (C=O) groups is 1. The van der Waals surface area contributed by atoms with Crippen molar-refractivity contribution in [1.29, 1.82) is 0 Å². The fourth-order valence-corrected chi connectivity index (χ4v) is 2.91. The first-order valence-electron chi connectivity index (χ1n) is 7.72. The van der Waals surface area contributed by atoms with Gasteiger partial charge in [-0.15, -0.1) is 0 Å². The Morgan fingerprint density at radius 3 is 2.83 bits per heavy atom. The van der Waals surface area contributed by atoms with Gasteiger partial charge < -0.3 is 10.1 Å². The number of aromatic nitrogens is 2. The average molecular weight is 317 g/mol. The molecule has 5 nitrogen and oxygen atoms in total. The number of ether oxygens (including phenoxy) is 1. The first kappa shape index (κ1) is 15.7. The van der Waals surface area contributed by atoms with Gasteiger partial charge in [-0.05, 0) is 30.5 Å². The van der Waals surface area contributed by atoms with Gasteiger partial charge in [-0.3, -0.25) is 9.48 Å². The maximum atomic E-state index is 12.9. The fraction of sp³-hybridized carbons (Fsp3) is 0.412. The molecular formula is C17H20FN3O2. The smallest absolute Gasteiger partial charge is 0.224 e. The van der Waals surface area contributed by atoms with E-state index in [2.05, 4.69) is 10.4 Å². The Bertz CT molecular complexity index is 675. The molecule has 1 atom stereocenters. The van der Waals surface area contributed by atoms with Crippen molar-refractivity contribution in [3.63, 3.8) is 0 Å². The van der Waals surface area contributed by atoms with Gasteiger partial charge in [0.2, 0.25) is 5.91 Å². The molecule has 122 valence electrons. The predicted octanol–water partition coefficient (Wildman–Crippen LogP) is 1.92. The van der Waals surface area contributed by atoms with Crippen molar-refractivity contribution < 1.29 is 13.9 Å². The van der Waals surface area contributed by atoms with Gasteiger partial charge in [0.15, 0.2) is 0 Å². The first-order chi connectivity index (χ1) is 11.1. The summed E-state index contributed by atoms with van der Waals surface area (Å²) < 4.78 is 20.6. The van der Waals surface area contributed by atoms with Crippen LogP contribution in [-0.4, -0.2) is 28.8 Å². The van der Waals surface area contributed by atoms with Crippen molar-refractivity contribution in [2.24, 2.45) is 7.05 Å². The third kappa shape index (κ3) is 3.59. The Morgan fingerprint density at radius 2 is 2.22 bits per heavy atom. The summed E-state index contributed by atoms with van der Waals surface area (Å²) in [4.78, 5) is 12.2. The number of carbonyl (C=O) groups excluding carboxylic acids is 1. The molecular weight excluding hydrogens is 297 g/mol. The lowest BCUT2D eigenvalue weighted by Crippen LogP contribution is -2.40. The summed E-state index contributed by atoms with van der Waals surface area (Å²) in [5.74, 6) is -0.403. The molecule has 2 aromatic rings. The second-order valence-corrected chi connectivity index (χ2v) is 5.93. The third-order valence-corrected chi connectivity index (χ3v) is 4.18. The number of nitrogens with one attached hydrogen (secondary N) is 1. The minimum absolute atomic E-state index is 0.102. The Hall–Kier alpha value is -2.21. The van der Waals surface area contributed by atoms with Crippen molar-refractivity contribution in [1.82, 2.24) is 15.1 Å². The van der Waals surface area contributed by atoms with E-state index in [1.807, 2.05) is 13.2 Å². The van der Waals surface area contributed by atoms with E-state index in [1.54, 1.807) is 23.0 Å². The van der Waals surface area contributed by atoms with Gasteiger partial charge in [0.25, 0.3) is 0 Å². The minimum atomic E-state index is -0.493. The molecule has 1 unspecified atom stereocenters. The average Bonchev–Trinajstić information content (AvgIpc) is 3.17. The molecule has 1 N–H and O–H groups in total. The number of hydrogen-bond acceptors (Lipinski definition) is 3. The Labute approximate surface area is 134 Å². The Kier molecular flexibility index (Phi) is 4.43. The van der Waals surface area contributed by atoms with E-state index in [4.69, 9.17) is 4.74 Å². The molecule has 1 aliphatic rings. The van der Waals surface area contributed by atoms with Crippen LogP contribution in [0.1, 0.15) is 24.0 Å². The largest absolute Gasteiger partial charge is 0.368 e. The van der Waals surface area contributed by atoms with E-state index in [9.17, 15) is 9.18 Å². The molecule has 2 heterocycles. The molecule has 23 heavy (non-hydrogen) atoms. The van der Waals surface area contributed by atoms with Gasteiger partial charge in [-0.2, -0.15) is 5.10 Å². The molecule has 0 saturated carbocycles. The monoisotopic (exact) mass is 317 g/mol.